The fourth-order valence-corrected chi connectivity index (χ4v) is 2.02. The van der Waals surface area contributed by atoms with Gasteiger partial charge in [0.1, 0.15) is 5.75 Å². The molecule has 0 aliphatic carbocycles. The molecule has 0 aliphatic rings. The number of hydrogen-bond acceptors (Lipinski definition) is 3. The van der Waals surface area contributed by atoms with Crippen molar-refractivity contribution in [1.29, 1.82) is 0 Å². The summed E-state index contributed by atoms with van der Waals surface area (Å²) >= 11 is 0. The van der Waals surface area contributed by atoms with Crippen LogP contribution >= 0.6 is 0 Å². The lowest BCUT2D eigenvalue weighted by molar-refractivity contribution is 0.262. The fraction of sp³-hybridized carbons (Fsp3) is 0.278. The molecule has 0 heterocycles. The first-order chi connectivity index (χ1) is 11.1. The molecule has 5 heteroatoms. The van der Waals surface area contributed by atoms with Gasteiger partial charge in [0.25, 0.3) is 0 Å². The Balaban J connectivity index is 1.88. The number of anilines is 2. The lowest BCUT2D eigenvalue weighted by Crippen LogP contribution is -2.19. The molecule has 2 aromatic rings. The second-order valence-corrected chi connectivity index (χ2v) is 5.36. The van der Waals surface area contributed by atoms with E-state index >= 15 is 0 Å². The van der Waals surface area contributed by atoms with Crippen molar-refractivity contribution in [2.45, 2.75) is 26.3 Å². The van der Waals surface area contributed by atoms with E-state index in [0.717, 1.165) is 23.4 Å². The van der Waals surface area contributed by atoms with Crippen molar-refractivity contribution in [1.82, 2.24) is 0 Å². The summed E-state index contributed by atoms with van der Waals surface area (Å²) in [6, 6.07) is 14.5. The van der Waals surface area contributed by atoms with E-state index in [4.69, 9.17) is 10.5 Å². The van der Waals surface area contributed by atoms with E-state index in [1.807, 2.05) is 55.5 Å². The predicted molar refractivity (Wildman–Crippen MR) is 93.9 cm³/mol. The number of nitrogens with one attached hydrogen (secondary N) is 2. The first-order valence-corrected chi connectivity index (χ1v) is 7.75. The van der Waals surface area contributed by atoms with E-state index < -0.39 is 0 Å². The Hall–Kier alpha value is -2.53. The highest BCUT2D eigenvalue weighted by molar-refractivity contribution is 5.99. The Morgan fingerprint density at radius 3 is 2.04 bits per heavy atom. The Labute approximate surface area is 136 Å². The summed E-state index contributed by atoms with van der Waals surface area (Å²) in [7, 11) is 0. The van der Waals surface area contributed by atoms with Gasteiger partial charge in [-0.3, -0.25) is 0 Å². The number of carbonyl (C=O) groups is 1. The molecule has 0 radical (unpaired) electrons. The Morgan fingerprint density at radius 2 is 1.57 bits per heavy atom. The number of ether oxygens (including phenoxy) is 1. The molecule has 0 fully saturated rings. The number of rotatable bonds is 6. The molecule has 0 spiro atoms. The SMILES string of the molecule is CCCOc1ccc(NC(=O)Nc2ccc(C(C)N)cc2)cc1. The van der Waals surface area contributed by atoms with Crippen LogP contribution in [-0.4, -0.2) is 12.6 Å². The highest BCUT2D eigenvalue weighted by atomic mass is 16.5. The summed E-state index contributed by atoms with van der Waals surface area (Å²) in [5, 5.41) is 5.56. The lowest BCUT2D eigenvalue weighted by Gasteiger charge is -2.10. The monoisotopic (exact) mass is 313 g/mol. The summed E-state index contributed by atoms with van der Waals surface area (Å²) in [5.41, 5.74) is 8.25. The highest BCUT2D eigenvalue weighted by Gasteiger charge is 2.04. The quantitative estimate of drug-likeness (QED) is 0.750. The topological polar surface area (TPSA) is 76.4 Å². The van der Waals surface area contributed by atoms with Gasteiger partial charge in [0.15, 0.2) is 0 Å². The van der Waals surface area contributed by atoms with Crippen LogP contribution in [0.3, 0.4) is 0 Å². The van der Waals surface area contributed by atoms with Gasteiger partial charge in [-0.1, -0.05) is 19.1 Å². The zero-order valence-corrected chi connectivity index (χ0v) is 13.5. The van der Waals surface area contributed by atoms with Gasteiger partial charge < -0.3 is 21.1 Å². The molecule has 4 N–H and O–H groups in total. The molecule has 0 saturated heterocycles. The van der Waals surface area contributed by atoms with Crippen LogP contribution in [0, 0.1) is 0 Å². The van der Waals surface area contributed by atoms with Crippen molar-refractivity contribution < 1.29 is 9.53 Å². The number of urea groups is 1. The molecular weight excluding hydrogens is 290 g/mol. The minimum absolute atomic E-state index is 0.0219. The molecular formula is C18H23N3O2. The number of benzene rings is 2. The van der Waals surface area contributed by atoms with Gasteiger partial charge in [-0.15, -0.1) is 0 Å². The number of amides is 2. The molecule has 2 aromatic carbocycles. The second-order valence-electron chi connectivity index (χ2n) is 5.36. The van der Waals surface area contributed by atoms with Crippen LogP contribution < -0.4 is 21.1 Å². The third-order valence-corrected chi connectivity index (χ3v) is 3.28. The van der Waals surface area contributed by atoms with Crippen molar-refractivity contribution in [2.75, 3.05) is 17.2 Å². The fourth-order valence-electron chi connectivity index (χ4n) is 2.02. The van der Waals surface area contributed by atoms with Gasteiger partial charge in [0.05, 0.1) is 6.61 Å². The van der Waals surface area contributed by atoms with E-state index in [-0.39, 0.29) is 12.1 Å². The largest absolute Gasteiger partial charge is 0.494 e. The van der Waals surface area contributed by atoms with Gasteiger partial charge in [-0.2, -0.15) is 0 Å². The first-order valence-electron chi connectivity index (χ1n) is 7.75. The van der Waals surface area contributed by atoms with Gasteiger partial charge in [-0.25, -0.2) is 4.79 Å². The number of nitrogens with two attached hydrogens (primary N) is 1. The van der Waals surface area contributed by atoms with Crippen LogP contribution in [0.5, 0.6) is 5.75 Å². The predicted octanol–water partition coefficient (Wildman–Crippen LogP) is 4.14. The van der Waals surface area contributed by atoms with E-state index in [2.05, 4.69) is 17.6 Å². The van der Waals surface area contributed by atoms with Gasteiger partial charge >= 0.3 is 6.03 Å². The first kappa shape index (κ1) is 16.8. The van der Waals surface area contributed by atoms with Gasteiger partial charge in [0.2, 0.25) is 0 Å². The number of carbonyl (C=O) groups excluding carboxylic acids is 1. The Morgan fingerprint density at radius 1 is 1.04 bits per heavy atom. The molecule has 2 amide bonds. The van der Waals surface area contributed by atoms with Crippen molar-refractivity contribution in [3.63, 3.8) is 0 Å². The molecule has 1 unspecified atom stereocenters. The maximum Gasteiger partial charge on any atom is 0.323 e. The highest BCUT2D eigenvalue weighted by Crippen LogP contribution is 2.17. The van der Waals surface area contributed by atoms with Crippen LogP contribution in [0.25, 0.3) is 0 Å². The molecule has 1 atom stereocenters. The summed E-state index contributed by atoms with van der Waals surface area (Å²) in [6.45, 7) is 4.66. The van der Waals surface area contributed by atoms with E-state index in [1.165, 1.54) is 0 Å². The maximum atomic E-state index is 12.0. The summed E-state index contributed by atoms with van der Waals surface area (Å²) in [4.78, 5) is 12.0. The minimum Gasteiger partial charge on any atom is -0.494 e. The number of hydrogen-bond donors (Lipinski definition) is 3. The van der Waals surface area contributed by atoms with Crippen LogP contribution in [0.2, 0.25) is 0 Å². The van der Waals surface area contributed by atoms with E-state index in [1.54, 1.807) is 0 Å². The summed E-state index contributed by atoms with van der Waals surface area (Å²) < 4.78 is 5.50. The molecule has 122 valence electrons. The van der Waals surface area contributed by atoms with Crippen molar-refractivity contribution in [2.24, 2.45) is 5.73 Å². The van der Waals surface area contributed by atoms with Gasteiger partial charge in [-0.05, 0) is 55.3 Å². The third kappa shape index (κ3) is 5.30. The average molecular weight is 313 g/mol. The van der Waals surface area contributed by atoms with Crippen molar-refractivity contribution in [3.05, 3.63) is 54.1 Å². The minimum atomic E-state index is -0.291. The maximum absolute atomic E-state index is 12.0. The van der Waals surface area contributed by atoms with Crippen molar-refractivity contribution >= 4 is 17.4 Å². The normalized spacial score (nSPS) is 11.6. The van der Waals surface area contributed by atoms with Crippen LogP contribution in [0.4, 0.5) is 16.2 Å². The molecule has 2 rings (SSSR count). The zero-order chi connectivity index (χ0) is 16.7. The second kappa shape index (κ2) is 8.19. The van der Waals surface area contributed by atoms with Crippen molar-refractivity contribution in [3.8, 4) is 5.75 Å². The summed E-state index contributed by atoms with van der Waals surface area (Å²) in [6.07, 6.45) is 0.962. The van der Waals surface area contributed by atoms with Gasteiger partial charge in [0, 0.05) is 17.4 Å². The molecule has 5 nitrogen and oxygen atoms in total. The molecule has 0 aliphatic heterocycles. The van der Waals surface area contributed by atoms with Crippen LogP contribution in [0.15, 0.2) is 48.5 Å². The standard InChI is InChI=1S/C18H23N3O2/c1-3-12-23-17-10-8-16(9-11-17)21-18(22)20-15-6-4-14(5-7-15)13(2)19/h4-11,13H,3,12,19H2,1-2H3,(H2,20,21,22). The molecule has 23 heavy (non-hydrogen) atoms. The molecule has 0 bridgehead atoms. The zero-order valence-electron chi connectivity index (χ0n) is 13.5. The van der Waals surface area contributed by atoms with Crippen LogP contribution in [0.1, 0.15) is 31.9 Å². The Kier molecular flexibility index (Phi) is 6.00. The molecule has 0 aromatic heterocycles. The lowest BCUT2D eigenvalue weighted by atomic mass is 10.1. The third-order valence-electron chi connectivity index (χ3n) is 3.28. The van der Waals surface area contributed by atoms with Crippen LogP contribution in [-0.2, 0) is 0 Å². The smallest absolute Gasteiger partial charge is 0.323 e. The summed E-state index contributed by atoms with van der Waals surface area (Å²) in [5.74, 6) is 0.796. The van der Waals surface area contributed by atoms with E-state index in [9.17, 15) is 4.79 Å². The average Bonchev–Trinajstić information content (AvgIpc) is 2.54. The Bertz CT molecular complexity index is 622. The van der Waals surface area contributed by atoms with E-state index in [0.29, 0.717) is 12.3 Å². The molecule has 0 saturated carbocycles.